The smallest absolute Gasteiger partial charge is 0.222 e. The number of rotatable bonds is 4. The largest absolute Gasteiger partial charge is 0.378 e. The summed E-state index contributed by atoms with van der Waals surface area (Å²) in [4.78, 5) is 14.0. The predicted octanol–water partition coefficient (Wildman–Crippen LogP) is 1.56. The van der Waals surface area contributed by atoms with E-state index >= 15 is 0 Å². The van der Waals surface area contributed by atoms with Crippen molar-refractivity contribution in [2.75, 3.05) is 26.2 Å². The van der Waals surface area contributed by atoms with Crippen LogP contribution in [-0.2, 0) is 9.53 Å². The number of likely N-dealkylation sites (tertiary alicyclic amines) is 1. The van der Waals surface area contributed by atoms with E-state index in [1.54, 1.807) is 0 Å². The van der Waals surface area contributed by atoms with Crippen molar-refractivity contribution in [3.8, 4) is 0 Å². The van der Waals surface area contributed by atoms with E-state index in [4.69, 9.17) is 10.5 Å². The van der Waals surface area contributed by atoms with Crippen molar-refractivity contribution in [3.63, 3.8) is 0 Å². The summed E-state index contributed by atoms with van der Waals surface area (Å²) in [5.41, 5.74) is 5.63. The molecule has 0 radical (unpaired) electrons. The Bertz CT molecular complexity index is 257. The van der Waals surface area contributed by atoms with Crippen molar-refractivity contribution >= 4 is 18.3 Å². The molecule has 0 aliphatic carbocycles. The van der Waals surface area contributed by atoms with Gasteiger partial charge in [-0.2, -0.15) is 0 Å². The molecule has 2 heterocycles. The van der Waals surface area contributed by atoms with Crippen LogP contribution in [-0.4, -0.2) is 43.2 Å². The molecule has 0 spiro atoms. The first-order chi connectivity index (χ1) is 8.29. The second-order valence-electron chi connectivity index (χ2n) is 5.26. The average Bonchev–Trinajstić information content (AvgIpc) is 2.86. The molecule has 4 nitrogen and oxygen atoms in total. The Morgan fingerprint density at radius 3 is 2.78 bits per heavy atom. The lowest BCUT2D eigenvalue weighted by Crippen LogP contribution is -2.31. The summed E-state index contributed by atoms with van der Waals surface area (Å²) in [6, 6.07) is 0. The number of amides is 1. The molecule has 0 aromatic rings. The summed E-state index contributed by atoms with van der Waals surface area (Å²) in [6.45, 7) is 3.33. The molecular formula is C13H25ClN2O2. The molecule has 2 fully saturated rings. The third-order valence-electron chi connectivity index (χ3n) is 3.93. The standard InChI is InChI=1S/C13H24N2O2.ClH/c14-9-11-6-7-15(10-11)13(16)5-4-12-3-1-2-8-17-12;/h11-12H,1-10,14H2;1H. The number of nitrogens with two attached hydrogens (primary N) is 1. The summed E-state index contributed by atoms with van der Waals surface area (Å²) in [5.74, 6) is 0.806. The average molecular weight is 277 g/mol. The molecular weight excluding hydrogens is 252 g/mol. The number of carbonyl (C=O) groups is 1. The van der Waals surface area contributed by atoms with Crippen LogP contribution in [0.25, 0.3) is 0 Å². The zero-order valence-electron chi connectivity index (χ0n) is 11.0. The first-order valence-corrected chi connectivity index (χ1v) is 6.89. The topological polar surface area (TPSA) is 55.6 Å². The van der Waals surface area contributed by atoms with Crippen LogP contribution in [0.2, 0.25) is 0 Å². The maximum absolute atomic E-state index is 12.0. The lowest BCUT2D eigenvalue weighted by molar-refractivity contribution is -0.131. The van der Waals surface area contributed by atoms with Gasteiger partial charge in [-0.05, 0) is 44.6 Å². The van der Waals surface area contributed by atoms with Crippen LogP contribution in [0.4, 0.5) is 0 Å². The Labute approximate surface area is 116 Å². The monoisotopic (exact) mass is 276 g/mol. The molecule has 0 aromatic carbocycles. The highest BCUT2D eigenvalue weighted by Crippen LogP contribution is 2.20. The maximum Gasteiger partial charge on any atom is 0.222 e. The lowest BCUT2D eigenvalue weighted by Gasteiger charge is -2.23. The molecule has 2 rings (SSSR count). The van der Waals surface area contributed by atoms with Gasteiger partial charge in [0.15, 0.2) is 0 Å². The fourth-order valence-electron chi connectivity index (χ4n) is 2.73. The van der Waals surface area contributed by atoms with E-state index in [9.17, 15) is 4.79 Å². The summed E-state index contributed by atoms with van der Waals surface area (Å²) >= 11 is 0. The molecule has 2 saturated heterocycles. The minimum atomic E-state index is 0. The van der Waals surface area contributed by atoms with Gasteiger partial charge in [0.2, 0.25) is 5.91 Å². The highest BCUT2D eigenvalue weighted by molar-refractivity contribution is 5.85. The second kappa shape index (κ2) is 7.97. The molecule has 106 valence electrons. The summed E-state index contributed by atoms with van der Waals surface area (Å²) in [7, 11) is 0. The summed E-state index contributed by atoms with van der Waals surface area (Å²) in [6.07, 6.45) is 6.47. The van der Waals surface area contributed by atoms with Crippen LogP contribution in [0.1, 0.15) is 38.5 Å². The molecule has 5 heteroatoms. The Hall–Kier alpha value is -0.320. The second-order valence-corrected chi connectivity index (χ2v) is 5.26. The summed E-state index contributed by atoms with van der Waals surface area (Å²) < 4.78 is 5.64. The van der Waals surface area contributed by atoms with Gasteiger partial charge >= 0.3 is 0 Å². The molecule has 2 atom stereocenters. The van der Waals surface area contributed by atoms with Gasteiger partial charge in [-0.3, -0.25) is 4.79 Å². The number of hydrogen-bond donors (Lipinski definition) is 1. The van der Waals surface area contributed by atoms with Crippen molar-refractivity contribution in [3.05, 3.63) is 0 Å². The van der Waals surface area contributed by atoms with E-state index < -0.39 is 0 Å². The maximum atomic E-state index is 12.0. The Morgan fingerprint density at radius 2 is 2.17 bits per heavy atom. The Balaban J connectivity index is 0.00000162. The van der Waals surface area contributed by atoms with Crippen molar-refractivity contribution in [2.24, 2.45) is 11.7 Å². The zero-order chi connectivity index (χ0) is 12.1. The van der Waals surface area contributed by atoms with E-state index in [-0.39, 0.29) is 18.3 Å². The Kier molecular flexibility index (Phi) is 6.97. The fraction of sp³-hybridized carbons (Fsp3) is 0.923. The van der Waals surface area contributed by atoms with Gasteiger partial charge in [0.05, 0.1) is 6.10 Å². The predicted molar refractivity (Wildman–Crippen MR) is 73.8 cm³/mol. The normalized spacial score (nSPS) is 27.9. The van der Waals surface area contributed by atoms with Crippen molar-refractivity contribution in [1.29, 1.82) is 0 Å². The molecule has 0 aromatic heterocycles. The van der Waals surface area contributed by atoms with Crippen molar-refractivity contribution in [1.82, 2.24) is 4.90 Å². The number of ether oxygens (including phenoxy) is 1. The van der Waals surface area contributed by atoms with Gasteiger partial charge in [-0.25, -0.2) is 0 Å². The highest BCUT2D eigenvalue weighted by atomic mass is 35.5. The van der Waals surface area contributed by atoms with Gasteiger partial charge in [-0.15, -0.1) is 12.4 Å². The Morgan fingerprint density at radius 1 is 1.33 bits per heavy atom. The quantitative estimate of drug-likeness (QED) is 0.848. The van der Waals surface area contributed by atoms with E-state index in [0.717, 1.165) is 39.0 Å². The molecule has 2 N–H and O–H groups in total. The van der Waals surface area contributed by atoms with Crippen molar-refractivity contribution < 1.29 is 9.53 Å². The third-order valence-corrected chi connectivity index (χ3v) is 3.93. The van der Waals surface area contributed by atoms with Crippen LogP contribution in [0, 0.1) is 5.92 Å². The van der Waals surface area contributed by atoms with Gasteiger partial charge in [0.1, 0.15) is 0 Å². The molecule has 2 aliphatic heterocycles. The molecule has 0 saturated carbocycles. The number of hydrogen-bond acceptors (Lipinski definition) is 3. The van der Waals surface area contributed by atoms with Gasteiger partial charge < -0.3 is 15.4 Å². The van der Waals surface area contributed by atoms with E-state index in [1.807, 2.05) is 4.90 Å². The zero-order valence-corrected chi connectivity index (χ0v) is 11.8. The summed E-state index contributed by atoms with van der Waals surface area (Å²) in [5, 5.41) is 0. The van der Waals surface area contributed by atoms with Crippen molar-refractivity contribution in [2.45, 2.75) is 44.6 Å². The molecule has 18 heavy (non-hydrogen) atoms. The SMILES string of the molecule is Cl.NCC1CCN(C(=O)CCC2CCCCO2)C1. The van der Waals surface area contributed by atoms with E-state index in [2.05, 4.69) is 0 Å². The van der Waals surface area contributed by atoms with Gasteiger partial charge in [0, 0.05) is 26.1 Å². The number of halogens is 1. The third kappa shape index (κ3) is 4.41. The highest BCUT2D eigenvalue weighted by Gasteiger charge is 2.25. The first kappa shape index (κ1) is 15.7. The number of nitrogens with zero attached hydrogens (tertiary/aromatic N) is 1. The lowest BCUT2D eigenvalue weighted by atomic mass is 10.0. The molecule has 0 bridgehead atoms. The minimum absolute atomic E-state index is 0. The van der Waals surface area contributed by atoms with Crippen LogP contribution >= 0.6 is 12.4 Å². The van der Waals surface area contributed by atoms with Crippen LogP contribution in [0.5, 0.6) is 0 Å². The fourth-order valence-corrected chi connectivity index (χ4v) is 2.73. The molecule has 1 amide bonds. The van der Waals surface area contributed by atoms with Crippen LogP contribution in [0.3, 0.4) is 0 Å². The minimum Gasteiger partial charge on any atom is -0.378 e. The number of carbonyl (C=O) groups excluding carboxylic acids is 1. The molecule has 2 aliphatic rings. The van der Waals surface area contributed by atoms with Crippen LogP contribution < -0.4 is 5.73 Å². The van der Waals surface area contributed by atoms with Gasteiger partial charge in [0.25, 0.3) is 0 Å². The van der Waals surface area contributed by atoms with Gasteiger partial charge in [-0.1, -0.05) is 0 Å². The first-order valence-electron chi connectivity index (χ1n) is 6.89. The van der Waals surface area contributed by atoms with E-state index in [0.29, 0.717) is 25.0 Å². The van der Waals surface area contributed by atoms with E-state index in [1.165, 1.54) is 12.8 Å². The van der Waals surface area contributed by atoms with Crippen LogP contribution in [0.15, 0.2) is 0 Å². The molecule has 2 unspecified atom stereocenters.